The fourth-order valence-corrected chi connectivity index (χ4v) is 3.32. The Morgan fingerprint density at radius 1 is 0.900 bits per heavy atom. The van der Waals surface area contributed by atoms with E-state index >= 15 is 0 Å². The third kappa shape index (κ3) is 4.30. The summed E-state index contributed by atoms with van der Waals surface area (Å²) in [7, 11) is 4.63. The lowest BCUT2D eigenvalue weighted by Crippen LogP contribution is -2.13. The molecule has 0 saturated heterocycles. The maximum Gasteiger partial charge on any atom is 0.255 e. The standard InChI is InChI=1S/C23H27NO6/c1-5-6-7-8-16-22(25)17-11-15(28-3)13-20(21(17)24-23(16)26)30-18-10-9-14(27-2)12-19(18)29-4/h9-13H,5-8H2,1-4H3,(H2,24,25,26). The highest BCUT2D eigenvalue weighted by atomic mass is 16.5. The van der Waals surface area contributed by atoms with E-state index in [0.29, 0.717) is 51.6 Å². The van der Waals surface area contributed by atoms with Crippen molar-refractivity contribution in [3.05, 3.63) is 46.2 Å². The van der Waals surface area contributed by atoms with Crippen LogP contribution in [-0.4, -0.2) is 31.4 Å². The normalized spacial score (nSPS) is 10.8. The first-order chi connectivity index (χ1) is 14.5. The summed E-state index contributed by atoms with van der Waals surface area (Å²) in [4.78, 5) is 15.5. The van der Waals surface area contributed by atoms with Gasteiger partial charge in [-0.05, 0) is 31.0 Å². The van der Waals surface area contributed by atoms with E-state index in [1.807, 2.05) is 0 Å². The Morgan fingerprint density at radius 2 is 1.63 bits per heavy atom. The Labute approximate surface area is 175 Å². The number of hydrogen-bond donors (Lipinski definition) is 2. The molecule has 0 spiro atoms. The van der Waals surface area contributed by atoms with Crippen molar-refractivity contribution in [2.75, 3.05) is 21.3 Å². The Kier molecular flexibility index (Phi) is 6.72. The van der Waals surface area contributed by atoms with Crippen LogP contribution >= 0.6 is 0 Å². The fraction of sp³-hybridized carbons (Fsp3) is 0.348. The number of methoxy groups -OCH3 is 3. The van der Waals surface area contributed by atoms with Gasteiger partial charge in [0.05, 0.1) is 32.4 Å². The van der Waals surface area contributed by atoms with Crippen LogP contribution in [0.3, 0.4) is 0 Å². The molecule has 2 N–H and O–H groups in total. The minimum Gasteiger partial charge on any atom is -0.507 e. The van der Waals surface area contributed by atoms with Crippen LogP contribution in [0.2, 0.25) is 0 Å². The van der Waals surface area contributed by atoms with Crippen molar-refractivity contribution in [1.29, 1.82) is 0 Å². The maximum atomic E-state index is 12.7. The number of aromatic hydroxyl groups is 1. The number of hydrogen-bond acceptors (Lipinski definition) is 6. The summed E-state index contributed by atoms with van der Waals surface area (Å²) in [5.41, 5.74) is 0.431. The number of nitrogens with one attached hydrogen (secondary N) is 1. The van der Waals surface area contributed by atoms with Crippen molar-refractivity contribution in [3.8, 4) is 34.5 Å². The molecule has 0 unspecified atom stereocenters. The van der Waals surface area contributed by atoms with Gasteiger partial charge in [-0.15, -0.1) is 0 Å². The van der Waals surface area contributed by atoms with Crippen molar-refractivity contribution in [3.63, 3.8) is 0 Å². The number of rotatable bonds is 9. The van der Waals surface area contributed by atoms with Crippen LogP contribution < -0.4 is 24.5 Å². The number of aromatic nitrogens is 1. The number of benzene rings is 2. The van der Waals surface area contributed by atoms with Crippen LogP contribution in [0.15, 0.2) is 35.1 Å². The first-order valence-corrected chi connectivity index (χ1v) is 9.88. The largest absolute Gasteiger partial charge is 0.507 e. The molecular formula is C23H27NO6. The van der Waals surface area contributed by atoms with Gasteiger partial charge in [0.2, 0.25) is 0 Å². The third-order valence-electron chi connectivity index (χ3n) is 4.99. The maximum absolute atomic E-state index is 12.7. The van der Waals surface area contributed by atoms with Gasteiger partial charge in [-0.2, -0.15) is 0 Å². The van der Waals surface area contributed by atoms with Gasteiger partial charge >= 0.3 is 0 Å². The van der Waals surface area contributed by atoms with E-state index < -0.39 is 0 Å². The molecule has 0 aliphatic heterocycles. The van der Waals surface area contributed by atoms with Crippen molar-refractivity contribution >= 4 is 10.9 Å². The van der Waals surface area contributed by atoms with Gasteiger partial charge in [-0.3, -0.25) is 4.79 Å². The minimum atomic E-state index is -0.326. The molecule has 160 valence electrons. The molecule has 0 atom stereocenters. The Hall–Kier alpha value is -3.35. The van der Waals surface area contributed by atoms with Gasteiger partial charge < -0.3 is 29.0 Å². The molecule has 7 nitrogen and oxygen atoms in total. The molecule has 0 fully saturated rings. The molecule has 30 heavy (non-hydrogen) atoms. The first kappa shape index (κ1) is 21.4. The van der Waals surface area contributed by atoms with Crippen LogP contribution in [0.1, 0.15) is 31.7 Å². The number of H-pyrrole nitrogens is 1. The Balaban J connectivity index is 2.12. The average Bonchev–Trinajstić information content (AvgIpc) is 2.76. The van der Waals surface area contributed by atoms with E-state index in [4.69, 9.17) is 18.9 Å². The molecule has 1 aromatic heterocycles. The van der Waals surface area contributed by atoms with Crippen molar-refractivity contribution in [1.82, 2.24) is 4.98 Å². The summed E-state index contributed by atoms with van der Waals surface area (Å²) in [5, 5.41) is 11.3. The molecule has 0 bridgehead atoms. The van der Waals surface area contributed by atoms with Crippen molar-refractivity contribution < 1.29 is 24.1 Å². The van der Waals surface area contributed by atoms with Crippen molar-refractivity contribution in [2.45, 2.75) is 32.6 Å². The highest BCUT2D eigenvalue weighted by Crippen LogP contribution is 2.40. The van der Waals surface area contributed by atoms with Gasteiger partial charge in [0, 0.05) is 17.5 Å². The number of pyridine rings is 1. The van der Waals surface area contributed by atoms with Crippen LogP contribution in [0.5, 0.6) is 34.5 Å². The Bertz CT molecular complexity index is 1090. The number of fused-ring (bicyclic) bond motifs is 1. The van der Waals surface area contributed by atoms with E-state index in [1.54, 1.807) is 37.4 Å². The second-order valence-electron chi connectivity index (χ2n) is 6.91. The van der Waals surface area contributed by atoms with E-state index in [-0.39, 0.29) is 11.3 Å². The van der Waals surface area contributed by atoms with Crippen molar-refractivity contribution in [2.24, 2.45) is 0 Å². The van der Waals surface area contributed by atoms with Crippen LogP contribution in [0.25, 0.3) is 10.9 Å². The molecule has 0 amide bonds. The molecule has 3 rings (SSSR count). The van der Waals surface area contributed by atoms with Gasteiger partial charge in [-0.25, -0.2) is 0 Å². The van der Waals surface area contributed by atoms with Gasteiger partial charge in [0.1, 0.15) is 17.2 Å². The highest BCUT2D eigenvalue weighted by molar-refractivity contribution is 5.92. The summed E-state index contributed by atoms with van der Waals surface area (Å²) >= 11 is 0. The molecule has 1 heterocycles. The molecule has 3 aromatic rings. The lowest BCUT2D eigenvalue weighted by atomic mass is 10.0. The van der Waals surface area contributed by atoms with Crippen LogP contribution in [-0.2, 0) is 6.42 Å². The zero-order chi connectivity index (χ0) is 21.7. The molecule has 0 aliphatic carbocycles. The predicted molar refractivity (Wildman–Crippen MR) is 116 cm³/mol. The second kappa shape index (κ2) is 9.43. The average molecular weight is 413 g/mol. The summed E-state index contributed by atoms with van der Waals surface area (Å²) in [6, 6.07) is 8.48. The number of unbranched alkanes of at least 4 members (excludes halogenated alkanes) is 2. The molecular weight excluding hydrogens is 386 g/mol. The third-order valence-corrected chi connectivity index (χ3v) is 4.99. The Morgan fingerprint density at radius 3 is 2.30 bits per heavy atom. The summed E-state index contributed by atoms with van der Waals surface area (Å²) in [6.45, 7) is 2.09. The quantitative estimate of drug-likeness (QED) is 0.491. The summed E-state index contributed by atoms with van der Waals surface area (Å²) in [5.74, 6) is 2.30. The van der Waals surface area contributed by atoms with Gasteiger partial charge in [0.15, 0.2) is 17.2 Å². The lowest BCUT2D eigenvalue weighted by molar-refractivity contribution is 0.368. The monoisotopic (exact) mass is 413 g/mol. The van der Waals surface area contributed by atoms with E-state index in [9.17, 15) is 9.90 Å². The zero-order valence-corrected chi connectivity index (χ0v) is 17.7. The van der Waals surface area contributed by atoms with E-state index in [0.717, 1.165) is 19.3 Å². The zero-order valence-electron chi connectivity index (χ0n) is 17.7. The SMILES string of the molecule is CCCCCc1c(O)c2cc(OC)cc(Oc3ccc(OC)cc3OC)c2[nH]c1=O. The lowest BCUT2D eigenvalue weighted by Gasteiger charge is -2.15. The van der Waals surface area contributed by atoms with Gasteiger partial charge in [-0.1, -0.05) is 19.8 Å². The topological polar surface area (TPSA) is 90.0 Å². The molecule has 7 heteroatoms. The van der Waals surface area contributed by atoms with Crippen LogP contribution in [0.4, 0.5) is 0 Å². The first-order valence-electron chi connectivity index (χ1n) is 9.88. The number of ether oxygens (including phenoxy) is 4. The minimum absolute atomic E-state index is 0.0460. The van der Waals surface area contributed by atoms with E-state index in [2.05, 4.69) is 11.9 Å². The molecule has 0 saturated carbocycles. The van der Waals surface area contributed by atoms with Crippen LogP contribution in [0, 0.1) is 0 Å². The highest BCUT2D eigenvalue weighted by Gasteiger charge is 2.18. The number of aromatic amines is 1. The molecule has 2 aromatic carbocycles. The second-order valence-corrected chi connectivity index (χ2v) is 6.91. The molecule has 0 radical (unpaired) electrons. The summed E-state index contributed by atoms with van der Waals surface area (Å²) in [6.07, 6.45) is 3.35. The van der Waals surface area contributed by atoms with E-state index in [1.165, 1.54) is 14.2 Å². The smallest absolute Gasteiger partial charge is 0.255 e. The van der Waals surface area contributed by atoms with Gasteiger partial charge in [0.25, 0.3) is 5.56 Å². The fourth-order valence-electron chi connectivity index (χ4n) is 3.32. The molecule has 0 aliphatic rings. The predicted octanol–water partition coefficient (Wildman–Crippen LogP) is 4.78. The summed E-state index contributed by atoms with van der Waals surface area (Å²) < 4.78 is 22.1.